The summed E-state index contributed by atoms with van der Waals surface area (Å²) in [5, 5.41) is 0. The summed E-state index contributed by atoms with van der Waals surface area (Å²) in [6, 6.07) is 9.14. The molecule has 1 aliphatic heterocycles. The fourth-order valence-electron chi connectivity index (χ4n) is 2.29. The molecule has 0 spiro atoms. The van der Waals surface area contributed by atoms with Gasteiger partial charge in [0.2, 0.25) is 10.0 Å². The van der Waals surface area contributed by atoms with Crippen molar-refractivity contribution in [2.75, 3.05) is 20.1 Å². The Morgan fingerprint density at radius 3 is 2.06 bits per heavy atom. The fourth-order valence-corrected chi connectivity index (χ4v) is 3.92. The van der Waals surface area contributed by atoms with E-state index in [4.69, 9.17) is 0 Å². The second-order valence-electron chi connectivity index (χ2n) is 5.00. The van der Waals surface area contributed by atoms with E-state index < -0.39 is 10.0 Å². The first-order chi connectivity index (χ1) is 8.43. The summed E-state index contributed by atoms with van der Waals surface area (Å²) in [5.41, 5.74) is 0. The van der Waals surface area contributed by atoms with Crippen LogP contribution in [0.4, 0.5) is 0 Å². The van der Waals surface area contributed by atoms with Crippen molar-refractivity contribution in [1.82, 2.24) is 9.21 Å². The standard InChI is InChI=1S/C13H20N2O2S/c1-11-9-15(10-12(2)14(11)3)18(16,17)13-7-5-4-6-8-13/h4-8,11-12H,9-10H2,1-3H3. The Morgan fingerprint density at radius 2 is 1.56 bits per heavy atom. The van der Waals surface area contributed by atoms with Gasteiger partial charge in [0.15, 0.2) is 0 Å². The van der Waals surface area contributed by atoms with Crippen molar-refractivity contribution in [2.45, 2.75) is 30.8 Å². The summed E-state index contributed by atoms with van der Waals surface area (Å²) < 4.78 is 26.6. The van der Waals surface area contributed by atoms with Crippen LogP contribution in [0, 0.1) is 0 Å². The maximum absolute atomic E-state index is 12.5. The zero-order valence-corrected chi connectivity index (χ0v) is 11.9. The maximum Gasteiger partial charge on any atom is 0.243 e. The topological polar surface area (TPSA) is 40.6 Å². The van der Waals surface area contributed by atoms with Gasteiger partial charge in [-0.2, -0.15) is 4.31 Å². The van der Waals surface area contributed by atoms with Gasteiger partial charge in [0.25, 0.3) is 0 Å². The zero-order chi connectivity index (χ0) is 13.3. The number of likely N-dealkylation sites (N-methyl/N-ethyl adjacent to an activating group) is 1. The number of hydrogen-bond donors (Lipinski definition) is 0. The molecule has 18 heavy (non-hydrogen) atoms. The molecule has 5 heteroatoms. The summed E-state index contributed by atoms with van der Waals surface area (Å²) in [4.78, 5) is 2.60. The van der Waals surface area contributed by atoms with Gasteiger partial charge in [-0.15, -0.1) is 0 Å². The number of hydrogen-bond acceptors (Lipinski definition) is 3. The van der Waals surface area contributed by atoms with E-state index >= 15 is 0 Å². The highest BCUT2D eigenvalue weighted by Gasteiger charge is 2.34. The fraction of sp³-hybridized carbons (Fsp3) is 0.538. The van der Waals surface area contributed by atoms with Crippen LogP contribution in [0.3, 0.4) is 0 Å². The molecule has 1 saturated heterocycles. The molecule has 0 N–H and O–H groups in total. The second-order valence-corrected chi connectivity index (χ2v) is 6.94. The normalized spacial score (nSPS) is 27.3. The number of benzene rings is 1. The minimum Gasteiger partial charge on any atom is -0.298 e. The summed E-state index contributed by atoms with van der Waals surface area (Å²) >= 11 is 0. The van der Waals surface area contributed by atoms with Crippen molar-refractivity contribution in [3.05, 3.63) is 30.3 Å². The van der Waals surface area contributed by atoms with Crippen molar-refractivity contribution >= 4 is 10.0 Å². The van der Waals surface area contributed by atoms with Gasteiger partial charge in [0.1, 0.15) is 0 Å². The van der Waals surface area contributed by atoms with Crippen LogP contribution >= 0.6 is 0 Å². The monoisotopic (exact) mass is 268 g/mol. The molecule has 0 aliphatic carbocycles. The van der Waals surface area contributed by atoms with Crippen molar-refractivity contribution in [2.24, 2.45) is 0 Å². The van der Waals surface area contributed by atoms with E-state index in [1.807, 2.05) is 13.1 Å². The number of sulfonamides is 1. The Kier molecular flexibility index (Phi) is 3.75. The van der Waals surface area contributed by atoms with Gasteiger partial charge in [-0.1, -0.05) is 18.2 Å². The van der Waals surface area contributed by atoms with E-state index in [1.54, 1.807) is 28.6 Å². The van der Waals surface area contributed by atoms with E-state index in [-0.39, 0.29) is 12.1 Å². The van der Waals surface area contributed by atoms with Crippen molar-refractivity contribution < 1.29 is 8.42 Å². The van der Waals surface area contributed by atoms with Gasteiger partial charge in [-0.25, -0.2) is 8.42 Å². The molecule has 2 rings (SSSR count). The molecule has 1 aromatic carbocycles. The quantitative estimate of drug-likeness (QED) is 0.814. The Hall–Kier alpha value is -0.910. The molecule has 0 amide bonds. The predicted octanol–water partition coefficient (Wildman–Crippen LogP) is 1.40. The number of piperazine rings is 1. The van der Waals surface area contributed by atoms with Crippen LogP contribution in [-0.4, -0.2) is 49.8 Å². The van der Waals surface area contributed by atoms with Gasteiger partial charge in [0.05, 0.1) is 4.90 Å². The van der Waals surface area contributed by atoms with Crippen LogP contribution in [0.1, 0.15) is 13.8 Å². The first-order valence-electron chi connectivity index (χ1n) is 6.20. The molecule has 1 aromatic rings. The molecule has 2 atom stereocenters. The average molecular weight is 268 g/mol. The van der Waals surface area contributed by atoms with Crippen molar-refractivity contribution in [1.29, 1.82) is 0 Å². The minimum absolute atomic E-state index is 0.243. The Bertz CT molecular complexity index is 489. The van der Waals surface area contributed by atoms with Gasteiger partial charge in [0, 0.05) is 25.2 Å². The zero-order valence-electron chi connectivity index (χ0n) is 11.1. The summed E-state index contributed by atoms with van der Waals surface area (Å²) in [6.07, 6.45) is 0. The average Bonchev–Trinajstić information content (AvgIpc) is 2.36. The Balaban J connectivity index is 2.27. The summed E-state index contributed by atoms with van der Waals surface area (Å²) in [7, 11) is -1.30. The SMILES string of the molecule is CC1CN(S(=O)(=O)c2ccccc2)CC(C)N1C. The number of nitrogens with zero attached hydrogens (tertiary/aromatic N) is 2. The smallest absolute Gasteiger partial charge is 0.243 e. The molecular formula is C13H20N2O2S. The molecule has 4 nitrogen and oxygen atoms in total. The molecule has 0 radical (unpaired) electrons. The Morgan fingerprint density at radius 1 is 1.06 bits per heavy atom. The minimum atomic E-state index is -3.34. The van der Waals surface area contributed by atoms with E-state index in [2.05, 4.69) is 18.7 Å². The molecule has 1 fully saturated rings. The van der Waals surface area contributed by atoms with E-state index in [0.717, 1.165) is 0 Å². The Labute approximate surface area is 109 Å². The highest BCUT2D eigenvalue weighted by Crippen LogP contribution is 2.21. The van der Waals surface area contributed by atoms with Crippen molar-refractivity contribution in [3.8, 4) is 0 Å². The molecular weight excluding hydrogens is 248 g/mol. The third-order valence-corrected chi connectivity index (χ3v) is 5.55. The third-order valence-electron chi connectivity index (χ3n) is 3.71. The van der Waals surface area contributed by atoms with Crippen LogP contribution < -0.4 is 0 Å². The largest absolute Gasteiger partial charge is 0.298 e. The van der Waals surface area contributed by atoms with Gasteiger partial charge in [-0.3, -0.25) is 4.90 Å². The molecule has 1 aliphatic rings. The lowest BCUT2D eigenvalue weighted by atomic mass is 10.1. The van der Waals surface area contributed by atoms with Gasteiger partial charge in [-0.05, 0) is 33.0 Å². The maximum atomic E-state index is 12.5. The highest BCUT2D eigenvalue weighted by molar-refractivity contribution is 7.89. The van der Waals surface area contributed by atoms with E-state index in [9.17, 15) is 8.42 Å². The lowest BCUT2D eigenvalue weighted by Gasteiger charge is -2.41. The van der Waals surface area contributed by atoms with E-state index in [1.165, 1.54) is 0 Å². The van der Waals surface area contributed by atoms with Crippen molar-refractivity contribution in [3.63, 3.8) is 0 Å². The van der Waals surface area contributed by atoms with E-state index in [0.29, 0.717) is 18.0 Å². The summed E-state index contributed by atoms with van der Waals surface area (Å²) in [6.45, 7) is 5.22. The van der Waals surface area contributed by atoms with Gasteiger partial charge >= 0.3 is 0 Å². The highest BCUT2D eigenvalue weighted by atomic mass is 32.2. The van der Waals surface area contributed by atoms with Crippen LogP contribution in [0.25, 0.3) is 0 Å². The first-order valence-corrected chi connectivity index (χ1v) is 7.64. The van der Waals surface area contributed by atoms with Crippen LogP contribution in [0.2, 0.25) is 0 Å². The lowest BCUT2D eigenvalue weighted by Crippen LogP contribution is -2.56. The molecule has 1 heterocycles. The molecule has 0 aromatic heterocycles. The first kappa shape index (κ1) is 13.5. The predicted molar refractivity (Wildman–Crippen MR) is 71.9 cm³/mol. The summed E-state index contributed by atoms with van der Waals surface area (Å²) in [5.74, 6) is 0. The molecule has 0 saturated carbocycles. The van der Waals surface area contributed by atoms with Crippen LogP contribution in [0.15, 0.2) is 35.2 Å². The lowest BCUT2D eigenvalue weighted by molar-refractivity contribution is 0.105. The molecule has 100 valence electrons. The van der Waals surface area contributed by atoms with Crippen LogP contribution in [0.5, 0.6) is 0 Å². The molecule has 2 unspecified atom stereocenters. The molecule has 0 bridgehead atoms. The van der Waals surface area contributed by atoms with Gasteiger partial charge < -0.3 is 0 Å². The second kappa shape index (κ2) is 4.99. The third kappa shape index (κ3) is 2.43. The van der Waals surface area contributed by atoms with Crippen LogP contribution in [-0.2, 0) is 10.0 Å². The number of rotatable bonds is 2.